The van der Waals surface area contributed by atoms with E-state index in [1.807, 2.05) is 51.1 Å². The van der Waals surface area contributed by atoms with Crippen molar-refractivity contribution in [2.45, 2.75) is 26.2 Å². The van der Waals surface area contributed by atoms with E-state index in [1.165, 1.54) is 0 Å². The van der Waals surface area contributed by atoms with Crippen LogP contribution in [-0.2, 0) is 10.2 Å². The zero-order chi connectivity index (χ0) is 14.9. The standard InChI is InChI=1S/C14H22N2O.CH4O/c1-4-16-13(17)14(3,11(2)10-15)12-8-6-5-7-9-12;1-2/h5-9,11H,4,10,15H2,1-3H3,(H,16,17);2H,1H3. The number of likely N-dealkylation sites (N-methyl/N-ethyl adjacent to an activating group) is 1. The smallest absolute Gasteiger partial charge is 0.230 e. The Balaban J connectivity index is 0.00000154. The van der Waals surface area contributed by atoms with Crippen molar-refractivity contribution in [3.63, 3.8) is 0 Å². The van der Waals surface area contributed by atoms with E-state index in [9.17, 15) is 4.79 Å². The van der Waals surface area contributed by atoms with Gasteiger partial charge in [-0.05, 0) is 31.9 Å². The van der Waals surface area contributed by atoms with Crippen LogP contribution in [0, 0.1) is 5.92 Å². The Bertz CT molecular complexity index is 368. The number of nitrogens with one attached hydrogen (secondary N) is 1. The Labute approximate surface area is 116 Å². The predicted octanol–water partition coefficient (Wildman–Crippen LogP) is 1.28. The second-order valence-electron chi connectivity index (χ2n) is 4.56. The zero-order valence-corrected chi connectivity index (χ0v) is 12.3. The van der Waals surface area contributed by atoms with Crippen molar-refractivity contribution >= 4 is 5.91 Å². The van der Waals surface area contributed by atoms with Crippen LogP contribution in [0.2, 0.25) is 0 Å². The lowest BCUT2D eigenvalue weighted by atomic mass is 9.71. The van der Waals surface area contributed by atoms with Crippen molar-refractivity contribution in [3.05, 3.63) is 35.9 Å². The molecule has 4 nitrogen and oxygen atoms in total. The van der Waals surface area contributed by atoms with Gasteiger partial charge in [0.25, 0.3) is 0 Å². The molecule has 0 bridgehead atoms. The lowest BCUT2D eigenvalue weighted by Crippen LogP contribution is -2.48. The minimum atomic E-state index is -0.563. The van der Waals surface area contributed by atoms with E-state index in [4.69, 9.17) is 10.8 Å². The van der Waals surface area contributed by atoms with Gasteiger partial charge in [-0.15, -0.1) is 0 Å². The van der Waals surface area contributed by atoms with Gasteiger partial charge in [0.15, 0.2) is 0 Å². The summed E-state index contributed by atoms with van der Waals surface area (Å²) in [4.78, 5) is 12.3. The molecule has 19 heavy (non-hydrogen) atoms. The maximum atomic E-state index is 12.3. The predicted molar refractivity (Wildman–Crippen MR) is 78.8 cm³/mol. The minimum absolute atomic E-state index is 0.0455. The Morgan fingerprint density at radius 3 is 2.32 bits per heavy atom. The summed E-state index contributed by atoms with van der Waals surface area (Å²) in [5, 5.41) is 9.91. The van der Waals surface area contributed by atoms with Gasteiger partial charge in [-0.1, -0.05) is 37.3 Å². The second kappa shape index (κ2) is 8.67. The summed E-state index contributed by atoms with van der Waals surface area (Å²) in [5.74, 6) is 0.139. The molecule has 2 unspecified atom stereocenters. The highest BCUT2D eigenvalue weighted by molar-refractivity contribution is 5.88. The number of benzene rings is 1. The monoisotopic (exact) mass is 266 g/mol. The Kier molecular flexibility index (Phi) is 8.03. The van der Waals surface area contributed by atoms with Gasteiger partial charge in [-0.2, -0.15) is 0 Å². The summed E-state index contributed by atoms with van der Waals surface area (Å²) in [6, 6.07) is 9.84. The number of aliphatic hydroxyl groups excluding tert-OH is 1. The second-order valence-corrected chi connectivity index (χ2v) is 4.56. The van der Waals surface area contributed by atoms with Crippen LogP contribution in [0.4, 0.5) is 0 Å². The lowest BCUT2D eigenvalue weighted by Gasteiger charge is -2.34. The molecule has 0 aliphatic carbocycles. The van der Waals surface area contributed by atoms with Gasteiger partial charge in [0.2, 0.25) is 5.91 Å². The summed E-state index contributed by atoms with van der Waals surface area (Å²) >= 11 is 0. The normalized spacial score (nSPS) is 14.6. The van der Waals surface area contributed by atoms with Crippen LogP contribution in [0.15, 0.2) is 30.3 Å². The number of rotatable bonds is 5. The largest absolute Gasteiger partial charge is 0.400 e. The highest BCUT2D eigenvalue weighted by Crippen LogP contribution is 2.31. The van der Waals surface area contributed by atoms with Crippen LogP contribution < -0.4 is 11.1 Å². The molecule has 1 amide bonds. The van der Waals surface area contributed by atoms with Gasteiger partial charge in [-0.25, -0.2) is 0 Å². The van der Waals surface area contributed by atoms with Crippen molar-refractivity contribution in [3.8, 4) is 0 Å². The molecule has 0 saturated carbocycles. The van der Waals surface area contributed by atoms with Crippen LogP contribution in [0.1, 0.15) is 26.3 Å². The van der Waals surface area contributed by atoms with Gasteiger partial charge in [0.1, 0.15) is 0 Å². The third kappa shape index (κ3) is 4.04. The average molecular weight is 266 g/mol. The van der Waals surface area contributed by atoms with Crippen LogP contribution >= 0.6 is 0 Å². The van der Waals surface area contributed by atoms with Crippen molar-refractivity contribution in [1.29, 1.82) is 0 Å². The average Bonchev–Trinajstić information content (AvgIpc) is 2.48. The Morgan fingerprint density at radius 1 is 1.37 bits per heavy atom. The van der Waals surface area contributed by atoms with Crippen LogP contribution in [-0.4, -0.2) is 31.2 Å². The number of amides is 1. The molecular weight excluding hydrogens is 240 g/mol. The molecule has 2 atom stereocenters. The van der Waals surface area contributed by atoms with E-state index in [0.29, 0.717) is 13.1 Å². The van der Waals surface area contributed by atoms with Crippen molar-refractivity contribution in [1.82, 2.24) is 5.32 Å². The van der Waals surface area contributed by atoms with Crippen LogP contribution in [0.3, 0.4) is 0 Å². The number of hydrogen-bond donors (Lipinski definition) is 3. The maximum absolute atomic E-state index is 12.3. The Morgan fingerprint density at radius 2 is 1.89 bits per heavy atom. The molecular formula is C15H26N2O2. The molecule has 1 rings (SSSR count). The molecule has 1 aromatic carbocycles. The first-order chi connectivity index (χ1) is 9.07. The summed E-state index contributed by atoms with van der Waals surface area (Å²) < 4.78 is 0. The first-order valence-electron chi connectivity index (χ1n) is 6.56. The summed E-state index contributed by atoms with van der Waals surface area (Å²) in [7, 11) is 1.00. The molecule has 0 aliphatic heterocycles. The zero-order valence-electron chi connectivity index (χ0n) is 12.3. The molecule has 0 radical (unpaired) electrons. The number of carbonyl (C=O) groups is 1. The van der Waals surface area contributed by atoms with Gasteiger partial charge in [-0.3, -0.25) is 4.79 Å². The first kappa shape index (κ1) is 17.6. The number of hydrogen-bond acceptors (Lipinski definition) is 3. The maximum Gasteiger partial charge on any atom is 0.230 e. The molecule has 0 aromatic heterocycles. The minimum Gasteiger partial charge on any atom is -0.400 e. The third-order valence-electron chi connectivity index (χ3n) is 3.52. The van der Waals surface area contributed by atoms with E-state index >= 15 is 0 Å². The number of carbonyl (C=O) groups excluding carboxylic acids is 1. The molecule has 4 heteroatoms. The van der Waals surface area contributed by atoms with Crippen LogP contribution in [0.25, 0.3) is 0 Å². The SMILES string of the molecule is CCNC(=O)C(C)(c1ccccc1)C(C)CN.CO. The van der Waals surface area contributed by atoms with Crippen molar-refractivity contribution < 1.29 is 9.90 Å². The van der Waals surface area contributed by atoms with Gasteiger partial charge < -0.3 is 16.2 Å². The molecule has 0 spiro atoms. The molecule has 1 aromatic rings. The van der Waals surface area contributed by atoms with E-state index in [1.54, 1.807) is 0 Å². The first-order valence-corrected chi connectivity index (χ1v) is 6.56. The highest BCUT2D eigenvalue weighted by Gasteiger charge is 2.39. The topological polar surface area (TPSA) is 75.4 Å². The summed E-state index contributed by atoms with van der Waals surface area (Å²) in [5.41, 5.74) is 6.20. The fraction of sp³-hybridized carbons (Fsp3) is 0.533. The van der Waals surface area contributed by atoms with Gasteiger partial charge in [0.05, 0.1) is 5.41 Å². The van der Waals surface area contributed by atoms with E-state index < -0.39 is 5.41 Å². The molecule has 0 fully saturated rings. The molecule has 0 heterocycles. The highest BCUT2D eigenvalue weighted by atomic mass is 16.2. The molecule has 108 valence electrons. The van der Waals surface area contributed by atoms with Gasteiger partial charge >= 0.3 is 0 Å². The molecule has 0 aliphatic rings. The fourth-order valence-electron chi connectivity index (χ4n) is 2.00. The third-order valence-corrected chi connectivity index (χ3v) is 3.52. The van der Waals surface area contributed by atoms with E-state index in [-0.39, 0.29) is 11.8 Å². The van der Waals surface area contributed by atoms with Crippen molar-refractivity contribution in [2.24, 2.45) is 11.7 Å². The van der Waals surface area contributed by atoms with E-state index in [2.05, 4.69) is 5.32 Å². The summed E-state index contributed by atoms with van der Waals surface area (Å²) in [6.45, 7) is 7.03. The number of nitrogens with two attached hydrogens (primary N) is 1. The molecule has 0 saturated heterocycles. The van der Waals surface area contributed by atoms with Crippen molar-refractivity contribution in [2.75, 3.05) is 20.2 Å². The van der Waals surface area contributed by atoms with Crippen LogP contribution in [0.5, 0.6) is 0 Å². The number of aliphatic hydroxyl groups is 1. The van der Waals surface area contributed by atoms with E-state index in [0.717, 1.165) is 12.7 Å². The van der Waals surface area contributed by atoms with Gasteiger partial charge in [0, 0.05) is 13.7 Å². The molecule has 4 N–H and O–H groups in total. The Hall–Kier alpha value is -1.39. The quantitative estimate of drug-likeness (QED) is 0.751. The lowest BCUT2D eigenvalue weighted by molar-refractivity contribution is -0.127. The fourth-order valence-corrected chi connectivity index (χ4v) is 2.00. The summed E-state index contributed by atoms with van der Waals surface area (Å²) in [6.07, 6.45) is 0.